The fourth-order valence-electron chi connectivity index (χ4n) is 1.92. The fraction of sp³-hybridized carbons (Fsp3) is 0.267. The largest absolute Gasteiger partial charge is 0.362 e. The van der Waals surface area contributed by atoms with E-state index in [0.29, 0.717) is 11.5 Å². The van der Waals surface area contributed by atoms with E-state index >= 15 is 0 Å². The highest BCUT2D eigenvalue weighted by atomic mass is 14.7. The molecular weight excluding hydrogens is 208 g/mol. The summed E-state index contributed by atoms with van der Waals surface area (Å²) in [7, 11) is 0. The van der Waals surface area contributed by atoms with Crippen LogP contribution in [0.5, 0.6) is 0 Å². The molecule has 1 aromatic heterocycles. The van der Waals surface area contributed by atoms with Gasteiger partial charge in [0.2, 0.25) is 0 Å². The molecule has 0 aliphatic rings. The third-order valence-electron chi connectivity index (χ3n) is 2.98. The van der Waals surface area contributed by atoms with Gasteiger partial charge in [-0.25, -0.2) is 0 Å². The summed E-state index contributed by atoms with van der Waals surface area (Å²) in [5.41, 5.74) is 5.51. The highest BCUT2D eigenvalue weighted by Crippen LogP contribution is 2.27. The van der Waals surface area contributed by atoms with Crippen molar-refractivity contribution in [1.82, 2.24) is 4.98 Å². The standard InChI is InChI=1S/C15H16N2/c1-10(2)15-8-14(11(3)17-15)13-6-4-12(9-16)5-7-13/h4-8,10,17H,1-3H3. The molecular formula is C15H16N2. The number of nitrogens with zero attached hydrogens (tertiary/aromatic N) is 1. The molecule has 2 rings (SSSR count). The van der Waals surface area contributed by atoms with Crippen molar-refractivity contribution >= 4 is 0 Å². The summed E-state index contributed by atoms with van der Waals surface area (Å²) < 4.78 is 0. The quantitative estimate of drug-likeness (QED) is 0.823. The van der Waals surface area contributed by atoms with Crippen LogP contribution in [0.4, 0.5) is 0 Å². The van der Waals surface area contributed by atoms with E-state index in [9.17, 15) is 0 Å². The van der Waals surface area contributed by atoms with Gasteiger partial charge in [0, 0.05) is 17.0 Å². The lowest BCUT2D eigenvalue weighted by Gasteiger charge is -1.99. The molecule has 0 spiro atoms. The number of aromatic nitrogens is 1. The highest BCUT2D eigenvalue weighted by Gasteiger charge is 2.08. The van der Waals surface area contributed by atoms with E-state index in [1.165, 1.54) is 17.0 Å². The second kappa shape index (κ2) is 4.47. The average Bonchev–Trinajstić information content (AvgIpc) is 2.72. The monoisotopic (exact) mass is 224 g/mol. The predicted octanol–water partition coefficient (Wildman–Crippen LogP) is 3.99. The van der Waals surface area contributed by atoms with Crippen molar-refractivity contribution in [1.29, 1.82) is 5.26 Å². The van der Waals surface area contributed by atoms with Crippen LogP contribution in [0, 0.1) is 18.3 Å². The summed E-state index contributed by atoms with van der Waals surface area (Å²) in [5, 5.41) is 8.77. The number of aromatic amines is 1. The highest BCUT2D eigenvalue weighted by molar-refractivity contribution is 5.67. The zero-order valence-electron chi connectivity index (χ0n) is 10.4. The van der Waals surface area contributed by atoms with Gasteiger partial charge in [0.15, 0.2) is 0 Å². The molecule has 1 N–H and O–H groups in total. The van der Waals surface area contributed by atoms with Crippen molar-refractivity contribution in [3.63, 3.8) is 0 Å². The van der Waals surface area contributed by atoms with Crippen molar-refractivity contribution in [2.45, 2.75) is 26.7 Å². The van der Waals surface area contributed by atoms with Crippen molar-refractivity contribution < 1.29 is 0 Å². The van der Waals surface area contributed by atoms with E-state index in [0.717, 1.165) is 5.56 Å². The van der Waals surface area contributed by atoms with Crippen LogP contribution < -0.4 is 0 Å². The maximum atomic E-state index is 8.77. The molecule has 17 heavy (non-hydrogen) atoms. The Morgan fingerprint density at radius 2 is 1.82 bits per heavy atom. The Bertz CT molecular complexity index is 554. The van der Waals surface area contributed by atoms with Crippen molar-refractivity contribution in [3.8, 4) is 17.2 Å². The zero-order valence-corrected chi connectivity index (χ0v) is 10.4. The van der Waals surface area contributed by atoms with Crippen LogP contribution in [0.1, 0.15) is 36.7 Å². The third kappa shape index (κ3) is 2.24. The minimum Gasteiger partial charge on any atom is -0.362 e. The van der Waals surface area contributed by atoms with Crippen LogP contribution in [0.25, 0.3) is 11.1 Å². The first-order chi connectivity index (χ1) is 8.11. The van der Waals surface area contributed by atoms with Crippen molar-refractivity contribution in [2.24, 2.45) is 0 Å². The van der Waals surface area contributed by atoms with Crippen LogP contribution in [-0.4, -0.2) is 4.98 Å². The number of hydrogen-bond acceptors (Lipinski definition) is 1. The molecule has 0 atom stereocenters. The molecule has 1 heterocycles. The summed E-state index contributed by atoms with van der Waals surface area (Å²) in [6.45, 7) is 6.43. The summed E-state index contributed by atoms with van der Waals surface area (Å²) in [6, 6.07) is 12.0. The predicted molar refractivity (Wildman–Crippen MR) is 69.8 cm³/mol. The van der Waals surface area contributed by atoms with E-state index in [2.05, 4.69) is 37.9 Å². The Hall–Kier alpha value is -2.01. The number of H-pyrrole nitrogens is 1. The molecule has 2 nitrogen and oxygen atoms in total. The van der Waals surface area contributed by atoms with Gasteiger partial charge < -0.3 is 4.98 Å². The number of hydrogen-bond donors (Lipinski definition) is 1. The molecule has 0 radical (unpaired) electrons. The maximum Gasteiger partial charge on any atom is 0.0991 e. The number of nitriles is 1. The normalized spacial score (nSPS) is 10.5. The molecule has 0 fully saturated rings. The van der Waals surface area contributed by atoms with Gasteiger partial charge in [-0.2, -0.15) is 5.26 Å². The van der Waals surface area contributed by atoms with Crippen LogP contribution >= 0.6 is 0 Å². The molecule has 1 aromatic carbocycles. The molecule has 0 amide bonds. The molecule has 0 saturated carbocycles. The second-order valence-corrected chi connectivity index (χ2v) is 4.61. The number of rotatable bonds is 2. The Balaban J connectivity index is 2.42. The van der Waals surface area contributed by atoms with Crippen LogP contribution in [0.3, 0.4) is 0 Å². The molecule has 2 heteroatoms. The topological polar surface area (TPSA) is 39.6 Å². The number of aryl methyl sites for hydroxylation is 1. The minimum atomic E-state index is 0.501. The lowest BCUT2D eigenvalue weighted by atomic mass is 10.0. The average molecular weight is 224 g/mol. The maximum absolute atomic E-state index is 8.77. The first-order valence-electron chi connectivity index (χ1n) is 5.82. The molecule has 0 aliphatic heterocycles. The first-order valence-corrected chi connectivity index (χ1v) is 5.82. The summed E-state index contributed by atoms with van der Waals surface area (Å²) in [4.78, 5) is 3.41. The molecule has 86 valence electrons. The fourth-order valence-corrected chi connectivity index (χ4v) is 1.92. The third-order valence-corrected chi connectivity index (χ3v) is 2.98. The smallest absolute Gasteiger partial charge is 0.0991 e. The minimum absolute atomic E-state index is 0.501. The van der Waals surface area contributed by atoms with Crippen molar-refractivity contribution in [3.05, 3.63) is 47.3 Å². The van der Waals surface area contributed by atoms with E-state index < -0.39 is 0 Å². The molecule has 0 saturated heterocycles. The van der Waals surface area contributed by atoms with Gasteiger partial charge in [0.25, 0.3) is 0 Å². The SMILES string of the molecule is Cc1[nH]c(C(C)C)cc1-c1ccc(C#N)cc1. The van der Waals surface area contributed by atoms with Gasteiger partial charge in [-0.05, 0) is 36.6 Å². The van der Waals surface area contributed by atoms with Gasteiger partial charge in [-0.3, -0.25) is 0 Å². The molecule has 0 aliphatic carbocycles. The summed E-state index contributed by atoms with van der Waals surface area (Å²) in [5.74, 6) is 0.501. The van der Waals surface area contributed by atoms with Gasteiger partial charge in [0.05, 0.1) is 11.6 Å². The van der Waals surface area contributed by atoms with Crippen molar-refractivity contribution in [2.75, 3.05) is 0 Å². The van der Waals surface area contributed by atoms with E-state index in [4.69, 9.17) is 5.26 Å². The Kier molecular flexibility index (Phi) is 3.01. The number of nitrogens with one attached hydrogen (secondary N) is 1. The molecule has 0 unspecified atom stereocenters. The Morgan fingerprint density at radius 1 is 1.18 bits per heavy atom. The van der Waals surface area contributed by atoms with Gasteiger partial charge in [-0.1, -0.05) is 26.0 Å². The first kappa shape index (κ1) is 11.5. The van der Waals surface area contributed by atoms with Crippen LogP contribution in [0.15, 0.2) is 30.3 Å². The Morgan fingerprint density at radius 3 is 2.29 bits per heavy atom. The Labute approximate surface area is 102 Å². The lowest BCUT2D eigenvalue weighted by molar-refractivity contribution is 0.829. The summed E-state index contributed by atoms with van der Waals surface area (Å²) in [6.07, 6.45) is 0. The second-order valence-electron chi connectivity index (χ2n) is 4.61. The molecule has 0 bridgehead atoms. The van der Waals surface area contributed by atoms with Crippen LogP contribution in [0.2, 0.25) is 0 Å². The van der Waals surface area contributed by atoms with E-state index in [-0.39, 0.29) is 0 Å². The number of benzene rings is 1. The van der Waals surface area contributed by atoms with Crippen LogP contribution in [-0.2, 0) is 0 Å². The molecule has 2 aromatic rings. The van der Waals surface area contributed by atoms with Gasteiger partial charge >= 0.3 is 0 Å². The zero-order chi connectivity index (χ0) is 12.4. The van der Waals surface area contributed by atoms with E-state index in [1.54, 1.807) is 0 Å². The van der Waals surface area contributed by atoms with Gasteiger partial charge in [-0.15, -0.1) is 0 Å². The van der Waals surface area contributed by atoms with Gasteiger partial charge in [0.1, 0.15) is 0 Å². The lowest BCUT2D eigenvalue weighted by Crippen LogP contribution is -1.85. The summed E-state index contributed by atoms with van der Waals surface area (Å²) >= 11 is 0. The van der Waals surface area contributed by atoms with E-state index in [1.807, 2.05) is 24.3 Å².